The standard InChI is InChI=1S/C18H16N4O3S2/c23-18(19-15-7-5-13(6-8-15)17-12-26-21-20-17)14-3-1-4-16(11-14)22-9-2-10-27(22,24)25/h1,3-8,11-12H,2,9-10H2,(H,19,23). The summed E-state index contributed by atoms with van der Waals surface area (Å²) in [6, 6.07) is 14.0. The van der Waals surface area contributed by atoms with Crippen molar-refractivity contribution >= 4 is 38.8 Å². The van der Waals surface area contributed by atoms with Crippen LogP contribution in [0.1, 0.15) is 16.8 Å². The molecular weight excluding hydrogens is 384 g/mol. The van der Waals surface area contributed by atoms with Crippen molar-refractivity contribution in [2.45, 2.75) is 6.42 Å². The number of hydrogen-bond donors (Lipinski definition) is 1. The molecule has 2 heterocycles. The highest BCUT2D eigenvalue weighted by Gasteiger charge is 2.28. The Balaban J connectivity index is 1.51. The maximum absolute atomic E-state index is 12.6. The molecule has 1 saturated heterocycles. The number of nitrogens with one attached hydrogen (secondary N) is 1. The number of amides is 1. The summed E-state index contributed by atoms with van der Waals surface area (Å²) in [5.74, 6) is -0.152. The van der Waals surface area contributed by atoms with E-state index in [1.165, 1.54) is 15.8 Å². The molecule has 1 aromatic heterocycles. The Morgan fingerprint density at radius 2 is 1.96 bits per heavy atom. The Morgan fingerprint density at radius 3 is 2.63 bits per heavy atom. The van der Waals surface area contributed by atoms with Crippen molar-refractivity contribution in [1.29, 1.82) is 0 Å². The second-order valence-electron chi connectivity index (χ2n) is 6.11. The summed E-state index contributed by atoms with van der Waals surface area (Å²) in [5.41, 5.74) is 3.28. The Labute approximate surface area is 160 Å². The van der Waals surface area contributed by atoms with Gasteiger partial charge in [-0.3, -0.25) is 9.10 Å². The van der Waals surface area contributed by atoms with Crippen molar-refractivity contribution in [3.63, 3.8) is 0 Å². The van der Waals surface area contributed by atoms with E-state index in [0.29, 0.717) is 29.9 Å². The van der Waals surface area contributed by atoms with Gasteiger partial charge in [0.05, 0.1) is 11.4 Å². The predicted molar refractivity (Wildman–Crippen MR) is 105 cm³/mol. The van der Waals surface area contributed by atoms with Crippen molar-refractivity contribution in [1.82, 2.24) is 9.59 Å². The molecule has 2 aromatic carbocycles. The van der Waals surface area contributed by atoms with Crippen molar-refractivity contribution in [2.24, 2.45) is 0 Å². The molecule has 27 heavy (non-hydrogen) atoms. The van der Waals surface area contributed by atoms with Crippen molar-refractivity contribution in [3.8, 4) is 11.3 Å². The van der Waals surface area contributed by atoms with E-state index in [-0.39, 0.29) is 11.7 Å². The Morgan fingerprint density at radius 1 is 1.15 bits per heavy atom. The predicted octanol–water partition coefficient (Wildman–Crippen LogP) is 3.00. The van der Waals surface area contributed by atoms with E-state index >= 15 is 0 Å². The van der Waals surface area contributed by atoms with Crippen LogP contribution in [-0.4, -0.2) is 36.2 Å². The highest BCUT2D eigenvalue weighted by atomic mass is 32.2. The Hall–Kier alpha value is -2.78. The van der Waals surface area contributed by atoms with E-state index in [1.54, 1.807) is 36.4 Å². The second-order valence-corrected chi connectivity index (χ2v) is 8.74. The van der Waals surface area contributed by atoms with E-state index in [1.807, 2.05) is 17.5 Å². The molecule has 0 spiro atoms. The van der Waals surface area contributed by atoms with Crippen LogP contribution in [0, 0.1) is 0 Å². The molecule has 0 unspecified atom stereocenters. The molecular formula is C18H16N4O3S2. The summed E-state index contributed by atoms with van der Waals surface area (Å²) in [6.45, 7) is 0.445. The molecule has 0 bridgehead atoms. The highest BCUT2D eigenvalue weighted by Crippen LogP contribution is 2.25. The summed E-state index contributed by atoms with van der Waals surface area (Å²) >= 11 is 1.28. The van der Waals surface area contributed by atoms with Gasteiger partial charge < -0.3 is 5.32 Å². The summed E-state index contributed by atoms with van der Waals surface area (Å²) < 4.78 is 29.4. The van der Waals surface area contributed by atoms with Gasteiger partial charge in [0.1, 0.15) is 5.69 Å². The molecule has 9 heteroatoms. The third kappa shape index (κ3) is 3.69. The first kappa shape index (κ1) is 17.6. The Bertz CT molecular complexity index is 1060. The van der Waals surface area contributed by atoms with E-state index in [9.17, 15) is 13.2 Å². The largest absolute Gasteiger partial charge is 0.322 e. The Kier molecular flexibility index (Phi) is 4.63. The number of aromatic nitrogens is 2. The van der Waals surface area contributed by atoms with Crippen molar-refractivity contribution in [3.05, 3.63) is 59.5 Å². The van der Waals surface area contributed by atoms with Crippen molar-refractivity contribution < 1.29 is 13.2 Å². The molecule has 0 radical (unpaired) electrons. The molecule has 1 amide bonds. The number of anilines is 2. The van der Waals surface area contributed by atoms with Crippen LogP contribution in [0.4, 0.5) is 11.4 Å². The third-order valence-corrected chi connectivity index (χ3v) is 6.67. The lowest BCUT2D eigenvalue weighted by atomic mass is 10.1. The molecule has 1 N–H and O–H groups in total. The van der Waals surface area contributed by atoms with Crippen LogP contribution in [0.5, 0.6) is 0 Å². The summed E-state index contributed by atoms with van der Waals surface area (Å²) in [6.07, 6.45) is 0.597. The van der Waals surface area contributed by atoms with Gasteiger partial charge in [0.15, 0.2) is 0 Å². The van der Waals surface area contributed by atoms with Crippen LogP contribution in [0.2, 0.25) is 0 Å². The number of hydrogen-bond acceptors (Lipinski definition) is 6. The summed E-state index contributed by atoms with van der Waals surface area (Å²) in [4.78, 5) is 12.6. The van der Waals surface area contributed by atoms with Gasteiger partial charge in [-0.2, -0.15) is 0 Å². The quantitative estimate of drug-likeness (QED) is 0.727. The molecule has 0 atom stereocenters. The minimum atomic E-state index is -3.28. The molecule has 4 rings (SSSR count). The number of nitrogens with zero attached hydrogens (tertiary/aromatic N) is 3. The first-order valence-corrected chi connectivity index (χ1v) is 10.8. The van der Waals surface area contributed by atoms with Gasteiger partial charge in [0.25, 0.3) is 5.91 Å². The fourth-order valence-electron chi connectivity index (χ4n) is 2.95. The molecule has 138 valence electrons. The topological polar surface area (TPSA) is 92.3 Å². The van der Waals surface area contributed by atoms with Gasteiger partial charge in [-0.1, -0.05) is 22.7 Å². The molecule has 7 nitrogen and oxygen atoms in total. The van der Waals surface area contributed by atoms with Crippen LogP contribution in [0.3, 0.4) is 0 Å². The number of rotatable bonds is 4. The number of benzene rings is 2. The number of carbonyl (C=O) groups is 1. The van der Waals surface area contributed by atoms with Crippen molar-refractivity contribution in [2.75, 3.05) is 21.9 Å². The molecule has 3 aromatic rings. The lowest BCUT2D eigenvalue weighted by Gasteiger charge is -2.17. The van der Waals surface area contributed by atoms with Gasteiger partial charge in [-0.15, -0.1) is 5.10 Å². The number of carbonyl (C=O) groups excluding carboxylic acids is 1. The fourth-order valence-corrected chi connectivity index (χ4v) is 4.97. The van der Waals surface area contributed by atoms with Gasteiger partial charge in [0, 0.05) is 28.7 Å². The zero-order valence-corrected chi connectivity index (χ0v) is 15.8. The first-order valence-electron chi connectivity index (χ1n) is 8.32. The monoisotopic (exact) mass is 400 g/mol. The van der Waals surface area contributed by atoms with E-state index < -0.39 is 10.0 Å². The summed E-state index contributed by atoms with van der Waals surface area (Å²) in [7, 11) is -3.28. The first-order chi connectivity index (χ1) is 13.0. The molecule has 0 saturated carbocycles. The SMILES string of the molecule is O=C(Nc1ccc(-c2csnn2)cc1)c1cccc(N2CCCS2(=O)=O)c1. The maximum Gasteiger partial charge on any atom is 0.255 e. The zero-order chi connectivity index (χ0) is 18.9. The normalized spacial score (nSPS) is 15.6. The second kappa shape index (κ2) is 7.09. The lowest BCUT2D eigenvalue weighted by Crippen LogP contribution is -2.25. The molecule has 1 aliphatic heterocycles. The number of sulfonamides is 1. The zero-order valence-electron chi connectivity index (χ0n) is 14.2. The van der Waals surface area contributed by atoms with Gasteiger partial charge in [0.2, 0.25) is 10.0 Å². The summed E-state index contributed by atoms with van der Waals surface area (Å²) in [5, 5.41) is 8.69. The van der Waals surface area contributed by atoms with Crippen LogP contribution in [0.25, 0.3) is 11.3 Å². The van der Waals surface area contributed by atoms with Gasteiger partial charge in [-0.05, 0) is 48.3 Å². The average molecular weight is 400 g/mol. The average Bonchev–Trinajstić information content (AvgIpc) is 3.32. The third-order valence-electron chi connectivity index (χ3n) is 4.29. The smallest absolute Gasteiger partial charge is 0.255 e. The van der Waals surface area contributed by atoms with Crippen LogP contribution >= 0.6 is 11.5 Å². The van der Waals surface area contributed by atoms with E-state index in [4.69, 9.17) is 0 Å². The van der Waals surface area contributed by atoms with Gasteiger partial charge in [-0.25, -0.2) is 8.42 Å². The molecule has 0 aliphatic carbocycles. The van der Waals surface area contributed by atoms with E-state index in [2.05, 4.69) is 14.9 Å². The molecule has 1 aliphatic rings. The highest BCUT2D eigenvalue weighted by molar-refractivity contribution is 7.93. The maximum atomic E-state index is 12.6. The minimum Gasteiger partial charge on any atom is -0.322 e. The lowest BCUT2D eigenvalue weighted by molar-refractivity contribution is 0.102. The van der Waals surface area contributed by atoms with Crippen LogP contribution < -0.4 is 9.62 Å². The molecule has 1 fully saturated rings. The van der Waals surface area contributed by atoms with Crippen LogP contribution in [0.15, 0.2) is 53.9 Å². The van der Waals surface area contributed by atoms with Crippen LogP contribution in [-0.2, 0) is 10.0 Å². The fraction of sp³-hybridized carbons (Fsp3) is 0.167. The van der Waals surface area contributed by atoms with E-state index in [0.717, 1.165) is 11.3 Å². The van der Waals surface area contributed by atoms with Gasteiger partial charge >= 0.3 is 0 Å². The minimum absolute atomic E-state index is 0.143.